The van der Waals surface area contributed by atoms with E-state index < -0.39 is 0 Å². The van der Waals surface area contributed by atoms with E-state index in [1.165, 1.54) is 11.3 Å². The Morgan fingerprint density at radius 1 is 1.43 bits per heavy atom. The molecule has 1 aliphatic rings. The van der Waals surface area contributed by atoms with E-state index in [1.807, 2.05) is 12.1 Å². The number of aliphatic hydroxyl groups is 1. The average molecular weight is 344 g/mol. The molecule has 2 heterocycles. The number of nitrogens with zero attached hydrogens (tertiary/aromatic N) is 1. The molecule has 1 fully saturated rings. The third-order valence-corrected chi connectivity index (χ3v) is 5.73. The van der Waals surface area contributed by atoms with E-state index in [-0.39, 0.29) is 18.4 Å². The summed E-state index contributed by atoms with van der Waals surface area (Å²) in [7, 11) is 0. The van der Waals surface area contributed by atoms with Crippen LogP contribution in [-0.2, 0) is 0 Å². The zero-order valence-corrected chi connectivity index (χ0v) is 13.6. The topological polar surface area (TPSA) is 40.5 Å². The number of piperidine rings is 1. The molecule has 21 heavy (non-hydrogen) atoms. The third-order valence-electron chi connectivity index (χ3n) is 3.85. The van der Waals surface area contributed by atoms with Gasteiger partial charge in [-0.25, -0.2) is 0 Å². The number of hydrogen-bond acceptors (Lipinski definition) is 3. The minimum absolute atomic E-state index is 0.0459. The molecule has 0 aliphatic carbocycles. The van der Waals surface area contributed by atoms with Crippen LogP contribution in [-0.4, -0.2) is 35.6 Å². The maximum absolute atomic E-state index is 12.7. The van der Waals surface area contributed by atoms with Crippen LogP contribution in [0, 0.1) is 5.92 Å². The summed E-state index contributed by atoms with van der Waals surface area (Å²) >= 11 is 13.7. The summed E-state index contributed by atoms with van der Waals surface area (Å²) in [5.41, 5.74) is 0. The highest BCUT2D eigenvalue weighted by Crippen LogP contribution is 2.37. The summed E-state index contributed by atoms with van der Waals surface area (Å²) < 4.78 is 0.923. The van der Waals surface area contributed by atoms with Crippen molar-refractivity contribution in [2.24, 2.45) is 5.92 Å². The Kier molecular flexibility index (Phi) is 4.41. The lowest BCUT2D eigenvalue weighted by molar-refractivity contribution is 0.0625. The fraction of sp³-hybridized carbons (Fsp3) is 0.400. The zero-order valence-electron chi connectivity index (χ0n) is 11.3. The van der Waals surface area contributed by atoms with Crippen molar-refractivity contribution in [3.63, 3.8) is 0 Å². The number of likely N-dealkylation sites (tertiary alicyclic amines) is 1. The SMILES string of the molecule is O=C(c1sc2cc(Cl)ccc2c1Cl)N1CCCC(CO)C1. The van der Waals surface area contributed by atoms with Crippen LogP contribution in [0.25, 0.3) is 10.1 Å². The minimum Gasteiger partial charge on any atom is -0.396 e. The van der Waals surface area contributed by atoms with Crippen molar-refractivity contribution in [3.05, 3.63) is 33.1 Å². The quantitative estimate of drug-likeness (QED) is 0.893. The number of amides is 1. The van der Waals surface area contributed by atoms with Gasteiger partial charge < -0.3 is 10.0 Å². The van der Waals surface area contributed by atoms with Crippen LogP contribution in [0.3, 0.4) is 0 Å². The average Bonchev–Trinajstić information content (AvgIpc) is 2.83. The lowest BCUT2D eigenvalue weighted by atomic mass is 9.99. The van der Waals surface area contributed by atoms with Gasteiger partial charge in [0.25, 0.3) is 5.91 Å². The molecule has 1 unspecified atom stereocenters. The Morgan fingerprint density at radius 2 is 2.24 bits per heavy atom. The van der Waals surface area contributed by atoms with Crippen LogP contribution in [0.5, 0.6) is 0 Å². The highest BCUT2D eigenvalue weighted by Gasteiger charge is 2.27. The van der Waals surface area contributed by atoms with Crippen molar-refractivity contribution < 1.29 is 9.90 Å². The predicted molar refractivity (Wildman–Crippen MR) is 87.6 cm³/mol. The second kappa shape index (κ2) is 6.13. The van der Waals surface area contributed by atoms with Gasteiger partial charge in [-0.05, 0) is 30.9 Å². The standard InChI is InChI=1S/C15H15Cl2NO2S/c16-10-3-4-11-12(6-10)21-14(13(11)17)15(20)18-5-1-2-9(7-18)8-19/h3-4,6,9,19H,1-2,5,7-8H2. The normalized spacial score (nSPS) is 19.2. The lowest BCUT2D eigenvalue weighted by Gasteiger charge is -2.31. The van der Waals surface area contributed by atoms with Gasteiger partial charge in [0.1, 0.15) is 4.88 Å². The zero-order chi connectivity index (χ0) is 15.0. The van der Waals surface area contributed by atoms with Crippen molar-refractivity contribution in [1.82, 2.24) is 4.90 Å². The summed E-state index contributed by atoms with van der Waals surface area (Å²) in [5.74, 6) is 0.126. The molecule has 1 saturated heterocycles. The third kappa shape index (κ3) is 2.90. The lowest BCUT2D eigenvalue weighted by Crippen LogP contribution is -2.40. The number of carbonyl (C=O) groups excluding carboxylic acids is 1. The Balaban J connectivity index is 1.92. The van der Waals surface area contributed by atoms with Gasteiger partial charge in [0.15, 0.2) is 0 Å². The van der Waals surface area contributed by atoms with Gasteiger partial charge in [-0.2, -0.15) is 0 Å². The molecular formula is C15H15Cl2NO2S. The first-order valence-electron chi connectivity index (χ1n) is 6.88. The monoisotopic (exact) mass is 343 g/mol. The molecule has 3 rings (SSSR count). The molecule has 1 atom stereocenters. The summed E-state index contributed by atoms with van der Waals surface area (Å²) in [6.45, 7) is 1.45. The Bertz CT molecular complexity index is 686. The van der Waals surface area contributed by atoms with E-state index in [9.17, 15) is 9.90 Å². The molecule has 1 aromatic heterocycles. The first kappa shape index (κ1) is 15.1. The van der Waals surface area contributed by atoms with Gasteiger partial charge >= 0.3 is 0 Å². The molecule has 0 saturated carbocycles. The van der Waals surface area contributed by atoms with Gasteiger partial charge in [0.2, 0.25) is 0 Å². The van der Waals surface area contributed by atoms with Crippen molar-refractivity contribution >= 4 is 50.5 Å². The van der Waals surface area contributed by atoms with Crippen LogP contribution in [0.1, 0.15) is 22.5 Å². The second-order valence-corrected chi connectivity index (χ2v) is 7.19. The summed E-state index contributed by atoms with van der Waals surface area (Å²) in [6.07, 6.45) is 1.89. The van der Waals surface area contributed by atoms with Crippen molar-refractivity contribution in [2.75, 3.05) is 19.7 Å². The molecule has 6 heteroatoms. The number of carbonyl (C=O) groups is 1. The van der Waals surface area contributed by atoms with Crippen molar-refractivity contribution in [2.45, 2.75) is 12.8 Å². The smallest absolute Gasteiger partial charge is 0.265 e. The van der Waals surface area contributed by atoms with Gasteiger partial charge in [-0.1, -0.05) is 29.3 Å². The number of fused-ring (bicyclic) bond motifs is 1. The largest absolute Gasteiger partial charge is 0.396 e. The van der Waals surface area contributed by atoms with E-state index in [2.05, 4.69) is 0 Å². The van der Waals surface area contributed by atoms with Gasteiger partial charge in [-0.3, -0.25) is 4.79 Å². The number of benzene rings is 1. The fourth-order valence-corrected chi connectivity index (χ4v) is 4.47. The fourth-order valence-electron chi connectivity index (χ4n) is 2.72. The molecule has 0 spiro atoms. The highest BCUT2D eigenvalue weighted by atomic mass is 35.5. The van der Waals surface area contributed by atoms with E-state index in [0.717, 1.165) is 29.5 Å². The number of aliphatic hydroxyl groups excluding tert-OH is 1. The molecular weight excluding hydrogens is 329 g/mol. The van der Waals surface area contributed by atoms with Crippen LogP contribution in [0.2, 0.25) is 10.0 Å². The molecule has 0 bridgehead atoms. The van der Waals surface area contributed by atoms with Crippen LogP contribution < -0.4 is 0 Å². The minimum atomic E-state index is -0.0459. The number of thiophene rings is 1. The van der Waals surface area contributed by atoms with Crippen molar-refractivity contribution in [3.8, 4) is 0 Å². The molecule has 1 aromatic carbocycles. The number of hydrogen-bond donors (Lipinski definition) is 1. The first-order valence-corrected chi connectivity index (χ1v) is 8.45. The van der Waals surface area contributed by atoms with Gasteiger partial charge in [0.05, 0.1) is 5.02 Å². The maximum Gasteiger partial charge on any atom is 0.265 e. The first-order chi connectivity index (χ1) is 10.1. The molecule has 1 N–H and O–H groups in total. The van der Waals surface area contributed by atoms with E-state index >= 15 is 0 Å². The van der Waals surface area contributed by atoms with Gasteiger partial charge in [0, 0.05) is 34.8 Å². The Hall–Kier alpha value is -0.810. The number of halogens is 2. The van der Waals surface area contributed by atoms with E-state index in [0.29, 0.717) is 21.5 Å². The van der Waals surface area contributed by atoms with Crippen LogP contribution in [0.15, 0.2) is 18.2 Å². The maximum atomic E-state index is 12.7. The highest BCUT2D eigenvalue weighted by molar-refractivity contribution is 7.21. The summed E-state index contributed by atoms with van der Waals surface area (Å²) in [4.78, 5) is 15.0. The van der Waals surface area contributed by atoms with E-state index in [1.54, 1.807) is 11.0 Å². The van der Waals surface area contributed by atoms with Gasteiger partial charge in [-0.15, -0.1) is 11.3 Å². The number of rotatable bonds is 2. The molecule has 2 aromatic rings. The molecule has 1 aliphatic heterocycles. The summed E-state index contributed by atoms with van der Waals surface area (Å²) in [5, 5.41) is 11.3. The van der Waals surface area contributed by atoms with Crippen molar-refractivity contribution in [1.29, 1.82) is 0 Å². The Labute approximate surface area is 137 Å². The summed E-state index contributed by atoms with van der Waals surface area (Å²) in [6, 6.07) is 5.45. The molecule has 1 amide bonds. The van der Waals surface area contributed by atoms with E-state index in [4.69, 9.17) is 23.2 Å². The Morgan fingerprint density at radius 3 is 3.00 bits per heavy atom. The van der Waals surface area contributed by atoms with Crippen LogP contribution in [0.4, 0.5) is 0 Å². The van der Waals surface area contributed by atoms with Crippen LogP contribution >= 0.6 is 34.5 Å². The molecule has 112 valence electrons. The molecule has 3 nitrogen and oxygen atoms in total. The molecule has 0 radical (unpaired) electrons. The predicted octanol–water partition coefficient (Wildman–Crippen LogP) is 4.05. The second-order valence-electron chi connectivity index (χ2n) is 5.33.